The van der Waals surface area contributed by atoms with Crippen molar-refractivity contribution in [2.45, 2.75) is 0 Å². The van der Waals surface area contributed by atoms with E-state index in [1.165, 1.54) is 0 Å². The Hall–Kier alpha value is -11.1. The molecule has 0 N–H and O–H groups in total. The Morgan fingerprint density at radius 1 is 0.190 bits per heavy atom. The molecule has 390 valence electrons. The summed E-state index contributed by atoms with van der Waals surface area (Å²) in [5.41, 5.74) is -9.67. The van der Waals surface area contributed by atoms with Crippen molar-refractivity contribution in [2.75, 3.05) is 0 Å². The van der Waals surface area contributed by atoms with Crippen LogP contribution in [0.4, 0.5) is 0 Å². The van der Waals surface area contributed by atoms with Crippen molar-refractivity contribution in [2.24, 2.45) is 0 Å². The van der Waals surface area contributed by atoms with Crippen LogP contribution in [0.5, 0.6) is 0 Å². The predicted molar refractivity (Wildman–Crippen MR) is 357 cm³/mol. The van der Waals surface area contributed by atoms with Crippen molar-refractivity contribution >= 4 is 119 Å². The first-order valence-electron chi connectivity index (χ1n) is 49.8. The van der Waals surface area contributed by atoms with Gasteiger partial charge >= 0.3 is 0 Å². The first-order valence-corrected chi connectivity index (χ1v) is 24.8. The van der Waals surface area contributed by atoms with Gasteiger partial charge in [0, 0.05) is 21.5 Å². The molecular weight excluding hydrogens is 1020 g/mol. The Morgan fingerprint density at radius 3 is 0.964 bits per heavy atom. The molecule has 2 nitrogen and oxygen atoms in total. The molecule has 0 bridgehead atoms. The average Bonchev–Trinajstić information content (AvgIpc) is 1.25. The largest absolute Gasteiger partial charge is 0.456 e. The topological polar surface area (TPSA) is 26.3 Å². The highest BCUT2D eigenvalue weighted by molar-refractivity contribution is 6.27. The molecule has 2 heteroatoms. The van der Waals surface area contributed by atoms with Gasteiger partial charge in [0.25, 0.3) is 0 Å². The molecule has 0 unspecified atom stereocenters. The molecule has 0 saturated carbocycles. The summed E-state index contributed by atoms with van der Waals surface area (Å²) < 4.78 is 459. The van der Waals surface area contributed by atoms with Crippen LogP contribution < -0.4 is 0 Å². The van der Waals surface area contributed by atoms with Gasteiger partial charge in [0.1, 0.15) is 22.3 Å². The molecule has 0 fully saturated rings. The lowest BCUT2D eigenvalue weighted by atomic mass is 9.83. The Bertz CT molecular complexity index is 8570. The highest BCUT2D eigenvalue weighted by Gasteiger charge is 2.22. The maximum absolute atomic E-state index is 9.97. The molecule has 0 atom stereocenters. The minimum absolute atomic E-state index is 0.337. The molecular formula is C82H50O2. The van der Waals surface area contributed by atoms with Gasteiger partial charge in [-0.25, -0.2) is 0 Å². The summed E-state index contributed by atoms with van der Waals surface area (Å²) in [5.74, 6) is 0. The van der Waals surface area contributed by atoms with E-state index in [0.717, 1.165) is 0 Å². The van der Waals surface area contributed by atoms with Crippen molar-refractivity contribution < 1.29 is 77.4 Å². The first kappa shape index (κ1) is 19.6. The monoisotopic (exact) mass is 1120 g/mol. The fraction of sp³-hybridized carbons (Fsp3) is 0. The van der Waals surface area contributed by atoms with E-state index in [1.54, 1.807) is 0 Å². The maximum atomic E-state index is 9.97. The van der Waals surface area contributed by atoms with Gasteiger partial charge in [0.05, 0.1) is 68.5 Å². The fourth-order valence-corrected chi connectivity index (χ4v) is 10.4. The average molecular weight is 1120 g/mol. The Balaban J connectivity index is 0.000000192. The SMILES string of the molecule is [2H]c1c([2H])c([2H])c(-c2c([2H])c(-c3c4c([2H])c([2H])c([2H])c([2H])c4c(-c4c([2H])c([2H])c5oc6c([2H])c([2H])c7c([2H])c([2H])c([2H])c([2H])c7c6c5c4[2H])c4c([2H])c([2H])c([2H])c([2H])c34)c3c([2H])c([2H])c([2H])c([2H])c3c2[2H])c([2H])c1[2H].[2H]c1c([2H])c([2H])c(-c2c3c([2H])c([2H])c([2H])c([2H])c3c(-c3c([2H])c([2H])c4oc5c([2H])c([2H])c6c([2H])c([2H])c([2H])c([2H])c6c5c4c3[2H])c3c([2H])c([2H])c([2H])c([2H])c23)c([2H])c1[2H]. The fourth-order valence-electron chi connectivity index (χ4n) is 10.4. The summed E-state index contributed by atoms with van der Waals surface area (Å²) in [6.07, 6.45) is 0. The van der Waals surface area contributed by atoms with Gasteiger partial charge in [-0.15, -0.1) is 0 Å². The summed E-state index contributed by atoms with van der Waals surface area (Å²) in [7, 11) is 0. The van der Waals surface area contributed by atoms with Crippen LogP contribution >= 0.6 is 0 Å². The summed E-state index contributed by atoms with van der Waals surface area (Å²) in [5, 5.41) is -10.6. The van der Waals surface area contributed by atoms with E-state index in [1.807, 2.05) is 0 Å². The van der Waals surface area contributed by atoms with Crippen LogP contribution in [-0.4, -0.2) is 0 Å². The van der Waals surface area contributed by atoms with Gasteiger partial charge in [-0.05, 0) is 179 Å². The second kappa shape index (κ2) is 19.3. The summed E-state index contributed by atoms with van der Waals surface area (Å²) in [6.45, 7) is 0. The van der Waals surface area contributed by atoms with Crippen LogP contribution in [0.15, 0.2) is 311 Å². The van der Waals surface area contributed by atoms with Crippen LogP contribution in [0.25, 0.3) is 175 Å². The quantitative estimate of drug-likeness (QED) is 0.161. The van der Waals surface area contributed by atoms with E-state index < -0.39 is 466 Å². The summed E-state index contributed by atoms with van der Waals surface area (Å²) >= 11 is 0. The third-order valence-electron chi connectivity index (χ3n) is 13.8. The molecule has 0 aliphatic rings. The van der Waals surface area contributed by atoms with Crippen LogP contribution in [0.2, 0.25) is 0 Å². The van der Waals surface area contributed by atoms with Gasteiger partial charge in [-0.3, -0.25) is 0 Å². The number of fused-ring (bicyclic) bond motifs is 15. The number of furan rings is 2. The normalized spacial score (nSPS) is 20.1. The Kier molecular flexibility index (Phi) is 4.49. The Morgan fingerprint density at radius 2 is 0.524 bits per heavy atom. The summed E-state index contributed by atoms with van der Waals surface area (Å²) in [6, 6.07) is -44.7. The number of rotatable bonds is 5. The van der Waals surface area contributed by atoms with Crippen molar-refractivity contribution in [3.05, 3.63) is 302 Å². The van der Waals surface area contributed by atoms with E-state index >= 15 is 0 Å². The van der Waals surface area contributed by atoms with E-state index in [9.17, 15) is 19.2 Å². The lowest BCUT2D eigenvalue weighted by Gasteiger charge is -2.19. The third kappa shape index (κ3) is 7.58. The molecule has 0 radical (unpaired) electrons. The first-order chi connectivity index (χ1) is 62.5. The molecule has 18 rings (SSSR count). The zero-order chi connectivity index (χ0) is 98.8. The molecule has 16 aromatic carbocycles. The third-order valence-corrected chi connectivity index (χ3v) is 13.8. The van der Waals surface area contributed by atoms with Gasteiger partial charge in [-0.2, -0.15) is 0 Å². The molecule has 0 aliphatic carbocycles. The minimum Gasteiger partial charge on any atom is -0.456 e. The molecule has 84 heavy (non-hydrogen) atoms. The Labute approximate surface area is 554 Å². The standard InChI is InChI=1S/C46H28O.C36H22O/c1-2-12-29(13-3-1)33-26-31-15-5-6-16-34(31)40(28-33)45-38-20-10-8-18-36(38)44(37-19-9-11-21-39(37)45)32-23-24-42-41(27-32)46-35-17-7-4-14-30(35)22-25-43(46)47-42;1-2-11-24(12-3-1)34-27-14-6-8-16-29(27)35(30-17-9-7-15-28(30)34)25-19-20-32-31(22-25)36-26-13-5-4-10-23(26)18-21-33(36)37-32/h1-28H;1-22H/i1D,2D,3D,4D,5D,6D,7D,8D,9D,10D,11D,12D,13D,14D,15D,16D,17D,18D,19D,20D,21D,22D,23D,24D,25D,26D,27D,28D;1D,2D,3D,4D,5D,6D,7D,8D,9D,10D,11D,12D,13D,14D,15D,16D,17D,18D,19D,20D,21D,22D. The van der Waals surface area contributed by atoms with E-state index in [0.29, 0.717) is 0 Å². The van der Waals surface area contributed by atoms with Crippen LogP contribution in [0, 0.1) is 0 Å². The van der Waals surface area contributed by atoms with Crippen LogP contribution in [0.3, 0.4) is 0 Å². The van der Waals surface area contributed by atoms with Crippen molar-refractivity contribution in [1.82, 2.24) is 0 Å². The number of hydrogen-bond acceptors (Lipinski definition) is 2. The maximum Gasteiger partial charge on any atom is 0.136 e. The van der Waals surface area contributed by atoms with Crippen molar-refractivity contribution in [3.8, 4) is 55.6 Å². The van der Waals surface area contributed by atoms with E-state index in [4.69, 9.17) is 58.2 Å². The van der Waals surface area contributed by atoms with Gasteiger partial charge in [-0.1, -0.05) is 254 Å². The van der Waals surface area contributed by atoms with Crippen molar-refractivity contribution in [3.63, 3.8) is 0 Å². The summed E-state index contributed by atoms with van der Waals surface area (Å²) in [4.78, 5) is 0. The lowest BCUT2D eigenvalue weighted by Crippen LogP contribution is -1.92. The van der Waals surface area contributed by atoms with E-state index in [-0.39, 0.29) is 10.8 Å². The van der Waals surface area contributed by atoms with Gasteiger partial charge in [0.2, 0.25) is 0 Å². The number of hydrogen-bond donors (Lipinski definition) is 0. The molecule has 18 aromatic rings. The molecule has 0 amide bonds. The van der Waals surface area contributed by atoms with Crippen LogP contribution in [-0.2, 0) is 0 Å². The molecule has 2 heterocycles. The zero-order valence-electron chi connectivity index (χ0n) is 91.8. The van der Waals surface area contributed by atoms with Gasteiger partial charge in [0.15, 0.2) is 0 Å². The lowest BCUT2D eigenvalue weighted by molar-refractivity contribution is 0.669. The molecule has 2 aromatic heterocycles. The second-order valence-electron chi connectivity index (χ2n) is 18.3. The van der Waals surface area contributed by atoms with Crippen LogP contribution in [0.1, 0.15) is 68.5 Å². The van der Waals surface area contributed by atoms with Crippen molar-refractivity contribution in [1.29, 1.82) is 0 Å². The molecule has 0 spiro atoms. The predicted octanol–water partition coefficient (Wildman–Crippen LogP) is 23.6. The molecule has 0 saturated heterocycles. The zero-order valence-corrected chi connectivity index (χ0v) is 41.8. The number of benzene rings is 16. The van der Waals surface area contributed by atoms with E-state index in [2.05, 4.69) is 0 Å². The molecule has 0 aliphatic heterocycles. The second-order valence-corrected chi connectivity index (χ2v) is 18.3. The van der Waals surface area contributed by atoms with Gasteiger partial charge < -0.3 is 8.83 Å². The minimum atomic E-state index is -1.08. The highest BCUT2D eigenvalue weighted by atomic mass is 16.3. The smallest absolute Gasteiger partial charge is 0.136 e. The highest BCUT2D eigenvalue weighted by Crippen LogP contribution is 2.49.